The van der Waals surface area contributed by atoms with Gasteiger partial charge in [0.15, 0.2) is 5.69 Å². The Morgan fingerprint density at radius 1 is 1.44 bits per heavy atom. The van der Waals surface area contributed by atoms with E-state index in [1.165, 1.54) is 6.20 Å². The molecule has 1 unspecified atom stereocenters. The maximum atomic E-state index is 12.8. The van der Waals surface area contributed by atoms with Crippen molar-refractivity contribution in [2.75, 3.05) is 13.2 Å². The summed E-state index contributed by atoms with van der Waals surface area (Å²) in [5, 5.41) is 0.0919. The first kappa shape index (κ1) is 13.7. The third kappa shape index (κ3) is 3.20. The molecule has 2 heterocycles. The van der Waals surface area contributed by atoms with Crippen molar-refractivity contribution in [3.8, 4) is 0 Å². The van der Waals surface area contributed by atoms with E-state index >= 15 is 0 Å². The van der Waals surface area contributed by atoms with E-state index in [2.05, 4.69) is 25.9 Å². The third-order valence-corrected chi connectivity index (χ3v) is 3.43. The van der Waals surface area contributed by atoms with Crippen LogP contribution in [0.25, 0.3) is 0 Å². The number of rotatable bonds is 3. The fourth-order valence-electron chi connectivity index (χ4n) is 1.89. The number of nitrogens with zero attached hydrogens (tertiary/aromatic N) is 2. The van der Waals surface area contributed by atoms with E-state index in [-0.39, 0.29) is 22.6 Å². The highest BCUT2D eigenvalue weighted by atomic mass is 79.9. The summed E-state index contributed by atoms with van der Waals surface area (Å²) in [7, 11) is 0. The maximum Gasteiger partial charge on any atom is 0.433 e. The van der Waals surface area contributed by atoms with E-state index in [4.69, 9.17) is 4.74 Å². The zero-order valence-corrected chi connectivity index (χ0v) is 11.1. The Labute approximate surface area is 111 Å². The fraction of sp³-hybridized carbons (Fsp3) is 0.636. The molecule has 0 aromatic carbocycles. The molecule has 0 saturated carbocycles. The summed E-state index contributed by atoms with van der Waals surface area (Å²) in [6, 6.07) is 0. The maximum absolute atomic E-state index is 12.8. The lowest BCUT2D eigenvalue weighted by atomic mass is 10.0. The second-order valence-electron chi connectivity index (χ2n) is 4.23. The van der Waals surface area contributed by atoms with E-state index in [0.717, 1.165) is 6.42 Å². The van der Waals surface area contributed by atoms with Gasteiger partial charge >= 0.3 is 6.18 Å². The second-order valence-corrected chi connectivity index (χ2v) is 4.79. The number of aromatic nitrogens is 2. The smallest absolute Gasteiger partial charge is 0.381 e. The summed E-state index contributed by atoms with van der Waals surface area (Å²) in [4.78, 5) is 7.65. The summed E-state index contributed by atoms with van der Waals surface area (Å²) < 4.78 is 43.6. The van der Waals surface area contributed by atoms with Gasteiger partial charge in [0.1, 0.15) is 5.82 Å². The molecule has 1 fully saturated rings. The molecule has 0 radical (unpaired) electrons. The lowest BCUT2D eigenvalue weighted by Crippen LogP contribution is -2.16. The highest BCUT2D eigenvalue weighted by Gasteiger charge is 2.36. The van der Waals surface area contributed by atoms with Crippen LogP contribution in [-0.2, 0) is 22.7 Å². The molecule has 3 nitrogen and oxygen atoms in total. The third-order valence-electron chi connectivity index (χ3n) is 2.82. The Balaban J connectivity index is 2.22. The normalized spacial score (nSPS) is 20.3. The van der Waals surface area contributed by atoms with Crippen LogP contribution in [0, 0.1) is 5.92 Å². The summed E-state index contributed by atoms with van der Waals surface area (Å²) >= 11 is 3.01. The molecule has 100 valence electrons. The Kier molecular flexibility index (Phi) is 4.21. The van der Waals surface area contributed by atoms with Gasteiger partial charge in [0.2, 0.25) is 0 Å². The van der Waals surface area contributed by atoms with Gasteiger partial charge in [-0.05, 0) is 12.3 Å². The molecule has 1 aliphatic rings. The van der Waals surface area contributed by atoms with Crippen molar-refractivity contribution < 1.29 is 17.9 Å². The van der Waals surface area contributed by atoms with Crippen molar-refractivity contribution in [2.45, 2.75) is 24.3 Å². The summed E-state index contributed by atoms with van der Waals surface area (Å²) in [5.41, 5.74) is -0.780. The van der Waals surface area contributed by atoms with Crippen molar-refractivity contribution in [3.63, 3.8) is 0 Å². The summed E-state index contributed by atoms with van der Waals surface area (Å²) in [6.45, 7) is 1.24. The molecule has 1 atom stereocenters. The minimum atomic E-state index is -4.44. The van der Waals surface area contributed by atoms with Crippen LogP contribution in [0.15, 0.2) is 6.20 Å². The fourth-order valence-corrected chi connectivity index (χ4v) is 2.30. The van der Waals surface area contributed by atoms with Gasteiger partial charge in [-0.25, -0.2) is 9.97 Å². The van der Waals surface area contributed by atoms with E-state index in [1.807, 2.05) is 0 Å². The molecule has 1 saturated heterocycles. The highest BCUT2D eigenvalue weighted by Crippen LogP contribution is 2.31. The molecule has 7 heteroatoms. The molecule has 1 aromatic heterocycles. The Morgan fingerprint density at radius 3 is 2.78 bits per heavy atom. The van der Waals surface area contributed by atoms with Crippen LogP contribution in [0.2, 0.25) is 0 Å². The van der Waals surface area contributed by atoms with E-state index in [1.54, 1.807) is 0 Å². The van der Waals surface area contributed by atoms with Crippen LogP contribution in [0.3, 0.4) is 0 Å². The van der Waals surface area contributed by atoms with Crippen molar-refractivity contribution in [2.24, 2.45) is 5.92 Å². The molecular formula is C11H12BrF3N2O. The minimum Gasteiger partial charge on any atom is -0.381 e. The summed E-state index contributed by atoms with van der Waals surface area (Å²) in [5.74, 6) is 0.462. The Hall–Kier alpha value is -0.690. The molecular weight excluding hydrogens is 313 g/mol. The van der Waals surface area contributed by atoms with Crippen LogP contribution in [0.1, 0.15) is 23.5 Å². The topological polar surface area (TPSA) is 35.0 Å². The molecule has 0 amide bonds. The highest BCUT2D eigenvalue weighted by molar-refractivity contribution is 9.08. The lowest BCUT2D eigenvalue weighted by molar-refractivity contribution is -0.141. The van der Waals surface area contributed by atoms with Gasteiger partial charge in [0, 0.05) is 36.7 Å². The van der Waals surface area contributed by atoms with Crippen LogP contribution in [-0.4, -0.2) is 23.2 Å². The number of hydrogen-bond donors (Lipinski definition) is 0. The van der Waals surface area contributed by atoms with Crippen molar-refractivity contribution >= 4 is 15.9 Å². The monoisotopic (exact) mass is 324 g/mol. The zero-order chi connectivity index (χ0) is 13.2. The summed E-state index contributed by atoms with van der Waals surface area (Å²) in [6.07, 6.45) is -1.90. The molecule has 18 heavy (non-hydrogen) atoms. The number of halogens is 4. The van der Waals surface area contributed by atoms with E-state index in [0.29, 0.717) is 19.6 Å². The first-order chi connectivity index (χ1) is 8.50. The minimum absolute atomic E-state index is 0.0638. The van der Waals surface area contributed by atoms with E-state index in [9.17, 15) is 13.2 Å². The molecule has 2 rings (SSSR count). The first-order valence-corrected chi connectivity index (χ1v) is 6.68. The van der Waals surface area contributed by atoms with Gasteiger partial charge in [-0.1, -0.05) is 15.9 Å². The van der Waals surface area contributed by atoms with Crippen molar-refractivity contribution in [1.29, 1.82) is 0 Å². The average Bonchev–Trinajstić information content (AvgIpc) is 2.80. The van der Waals surface area contributed by atoms with Gasteiger partial charge in [0.05, 0.1) is 0 Å². The molecule has 0 spiro atoms. The average molecular weight is 325 g/mol. The number of ether oxygens (including phenoxy) is 1. The molecule has 1 aliphatic heterocycles. The van der Waals surface area contributed by atoms with Gasteiger partial charge in [-0.15, -0.1) is 0 Å². The predicted octanol–water partition coefficient (Wildman–Crippen LogP) is 2.97. The van der Waals surface area contributed by atoms with Gasteiger partial charge in [-0.2, -0.15) is 13.2 Å². The standard InChI is InChI=1S/C11H12BrF3N2O/c12-4-8-5-16-9(3-7-1-2-18-6-7)17-10(8)11(13,14)15/h5,7H,1-4,6H2. The van der Waals surface area contributed by atoms with Gasteiger partial charge < -0.3 is 4.74 Å². The van der Waals surface area contributed by atoms with E-state index < -0.39 is 11.9 Å². The lowest BCUT2D eigenvalue weighted by Gasteiger charge is -2.12. The molecule has 0 aliphatic carbocycles. The van der Waals surface area contributed by atoms with Crippen molar-refractivity contribution in [3.05, 3.63) is 23.3 Å². The van der Waals surface area contributed by atoms with Gasteiger partial charge in [0.25, 0.3) is 0 Å². The Morgan fingerprint density at radius 2 is 2.22 bits per heavy atom. The largest absolute Gasteiger partial charge is 0.433 e. The van der Waals surface area contributed by atoms with Crippen molar-refractivity contribution in [1.82, 2.24) is 9.97 Å². The predicted molar refractivity (Wildman–Crippen MR) is 62.3 cm³/mol. The van der Waals surface area contributed by atoms with Crippen LogP contribution in [0.4, 0.5) is 13.2 Å². The molecule has 1 aromatic rings. The van der Waals surface area contributed by atoms with Crippen LogP contribution >= 0.6 is 15.9 Å². The first-order valence-electron chi connectivity index (χ1n) is 5.56. The second kappa shape index (κ2) is 5.52. The molecule has 0 bridgehead atoms. The van der Waals surface area contributed by atoms with Crippen LogP contribution in [0.5, 0.6) is 0 Å². The quantitative estimate of drug-likeness (QED) is 0.802. The van der Waals surface area contributed by atoms with Gasteiger partial charge in [-0.3, -0.25) is 0 Å². The SMILES string of the molecule is FC(F)(F)c1nc(CC2CCOC2)ncc1CBr. The van der Waals surface area contributed by atoms with Crippen LogP contribution < -0.4 is 0 Å². The zero-order valence-electron chi connectivity index (χ0n) is 9.50. The number of hydrogen-bond acceptors (Lipinski definition) is 3. The Bertz CT molecular complexity index is 419. The molecule has 0 N–H and O–H groups in total. The number of alkyl halides is 4.